The van der Waals surface area contributed by atoms with Crippen LogP contribution in [0, 0.1) is 0 Å². The summed E-state index contributed by atoms with van der Waals surface area (Å²) in [6, 6.07) is 17.5. The summed E-state index contributed by atoms with van der Waals surface area (Å²) < 4.78 is 72.2. The minimum Gasteiger partial charge on any atom is -0.497 e. The summed E-state index contributed by atoms with van der Waals surface area (Å²) >= 11 is 0. The third-order valence-corrected chi connectivity index (χ3v) is 6.86. The van der Waals surface area contributed by atoms with Crippen LogP contribution in [0.3, 0.4) is 0 Å². The Labute approximate surface area is 196 Å². The summed E-state index contributed by atoms with van der Waals surface area (Å²) in [5, 5.41) is 2.69. The van der Waals surface area contributed by atoms with Crippen molar-refractivity contribution in [3.63, 3.8) is 0 Å². The lowest BCUT2D eigenvalue weighted by Crippen LogP contribution is -2.41. The molecule has 0 saturated heterocycles. The molecule has 1 N–H and O–H groups in total. The highest BCUT2D eigenvalue weighted by Crippen LogP contribution is 2.33. The standard InChI is InChI=1S/C24H23F3N2O4S/c1-17(18-11-13-21(33-2)14-12-18)28-23(30)16-29(34(31,32)22-9-4-3-5-10-22)20-8-6-7-19(15-20)24(25,26)27/h3-15,17H,16H2,1-2H3,(H,28,30). The van der Waals surface area contributed by atoms with Crippen LogP contribution in [-0.2, 0) is 21.0 Å². The molecule has 0 aliphatic carbocycles. The fourth-order valence-corrected chi connectivity index (χ4v) is 4.70. The Morgan fingerprint density at radius 3 is 2.24 bits per heavy atom. The maximum atomic E-state index is 13.3. The molecule has 1 atom stereocenters. The van der Waals surface area contributed by atoms with Gasteiger partial charge in [0, 0.05) is 0 Å². The number of nitrogens with zero attached hydrogens (tertiary/aromatic N) is 1. The van der Waals surface area contributed by atoms with Gasteiger partial charge in [-0.1, -0.05) is 36.4 Å². The molecular formula is C24H23F3N2O4S. The van der Waals surface area contributed by atoms with Gasteiger partial charge in [0.05, 0.1) is 29.3 Å². The van der Waals surface area contributed by atoms with Crippen LogP contribution in [0.4, 0.5) is 18.9 Å². The van der Waals surface area contributed by atoms with Crippen LogP contribution in [0.25, 0.3) is 0 Å². The molecule has 0 fully saturated rings. The maximum Gasteiger partial charge on any atom is 0.416 e. The molecule has 10 heteroatoms. The Bertz CT molecular complexity index is 1230. The number of methoxy groups -OCH3 is 1. The van der Waals surface area contributed by atoms with Gasteiger partial charge in [0.1, 0.15) is 12.3 Å². The van der Waals surface area contributed by atoms with Crippen molar-refractivity contribution in [3.8, 4) is 5.75 Å². The number of halogens is 3. The topological polar surface area (TPSA) is 75.7 Å². The van der Waals surface area contributed by atoms with Gasteiger partial charge in [-0.05, 0) is 55.0 Å². The molecule has 3 rings (SSSR count). The SMILES string of the molecule is COc1ccc(C(C)NC(=O)CN(c2cccc(C(F)(F)F)c2)S(=O)(=O)c2ccccc2)cc1. The fraction of sp³-hybridized carbons (Fsp3) is 0.208. The van der Waals surface area contributed by atoms with E-state index < -0.39 is 40.3 Å². The number of alkyl halides is 3. The number of rotatable bonds is 8. The number of sulfonamides is 1. The van der Waals surface area contributed by atoms with E-state index in [1.165, 1.54) is 37.4 Å². The second-order valence-corrected chi connectivity index (χ2v) is 9.30. The highest BCUT2D eigenvalue weighted by molar-refractivity contribution is 7.92. The zero-order valence-electron chi connectivity index (χ0n) is 18.4. The fourth-order valence-electron chi connectivity index (χ4n) is 3.27. The Balaban J connectivity index is 1.92. The van der Waals surface area contributed by atoms with Crippen LogP contribution in [0.1, 0.15) is 24.1 Å². The first kappa shape index (κ1) is 25.1. The van der Waals surface area contributed by atoms with Gasteiger partial charge in [-0.3, -0.25) is 9.10 Å². The number of amides is 1. The summed E-state index contributed by atoms with van der Waals surface area (Å²) in [7, 11) is -2.81. The highest BCUT2D eigenvalue weighted by atomic mass is 32.2. The van der Waals surface area contributed by atoms with Gasteiger partial charge >= 0.3 is 6.18 Å². The predicted molar refractivity (Wildman–Crippen MR) is 122 cm³/mol. The van der Waals surface area contributed by atoms with Gasteiger partial charge in [0.2, 0.25) is 5.91 Å². The number of hydrogen-bond acceptors (Lipinski definition) is 4. The van der Waals surface area contributed by atoms with Gasteiger partial charge < -0.3 is 10.1 Å². The first-order valence-electron chi connectivity index (χ1n) is 10.2. The van der Waals surface area contributed by atoms with Gasteiger partial charge in [-0.25, -0.2) is 8.42 Å². The zero-order chi connectivity index (χ0) is 24.9. The van der Waals surface area contributed by atoms with Gasteiger partial charge in [0.25, 0.3) is 10.0 Å². The Hall–Kier alpha value is -3.53. The molecule has 0 bridgehead atoms. The van der Waals surface area contributed by atoms with E-state index in [0.717, 1.165) is 17.7 Å². The van der Waals surface area contributed by atoms with Crippen LogP contribution in [-0.4, -0.2) is 28.0 Å². The van der Waals surface area contributed by atoms with Crippen LogP contribution in [0.15, 0.2) is 83.8 Å². The third-order valence-electron chi connectivity index (χ3n) is 5.07. The van der Waals surface area contributed by atoms with E-state index in [9.17, 15) is 26.4 Å². The number of nitrogens with one attached hydrogen (secondary N) is 1. The van der Waals surface area contributed by atoms with Gasteiger partial charge in [0.15, 0.2) is 0 Å². The lowest BCUT2D eigenvalue weighted by atomic mass is 10.1. The molecule has 0 spiro atoms. The van der Waals surface area contributed by atoms with E-state index in [0.29, 0.717) is 16.1 Å². The lowest BCUT2D eigenvalue weighted by molar-refractivity contribution is -0.137. The van der Waals surface area contributed by atoms with Crippen molar-refractivity contribution in [1.29, 1.82) is 0 Å². The average Bonchev–Trinajstić information content (AvgIpc) is 2.82. The van der Waals surface area contributed by atoms with Crippen molar-refractivity contribution in [3.05, 3.63) is 90.0 Å². The molecule has 3 aromatic rings. The summed E-state index contributed by atoms with van der Waals surface area (Å²) in [4.78, 5) is 12.7. The minimum absolute atomic E-state index is 0.150. The molecule has 1 unspecified atom stereocenters. The largest absolute Gasteiger partial charge is 0.497 e. The summed E-state index contributed by atoms with van der Waals surface area (Å²) in [5.41, 5.74) is -0.554. The molecule has 3 aromatic carbocycles. The summed E-state index contributed by atoms with van der Waals surface area (Å²) in [5.74, 6) is -0.0489. The monoisotopic (exact) mass is 492 g/mol. The van der Waals surface area contributed by atoms with Crippen LogP contribution in [0.5, 0.6) is 5.75 Å². The highest BCUT2D eigenvalue weighted by Gasteiger charge is 2.33. The molecule has 0 aliphatic heterocycles. The summed E-state index contributed by atoms with van der Waals surface area (Å²) in [6.45, 7) is 0.999. The molecule has 0 aliphatic rings. The number of ether oxygens (including phenoxy) is 1. The van der Waals surface area contributed by atoms with E-state index in [4.69, 9.17) is 4.74 Å². The zero-order valence-corrected chi connectivity index (χ0v) is 19.2. The van der Waals surface area contributed by atoms with E-state index in [2.05, 4.69) is 5.32 Å². The number of hydrogen-bond donors (Lipinski definition) is 1. The second-order valence-electron chi connectivity index (χ2n) is 7.44. The van der Waals surface area contributed by atoms with Crippen molar-refractivity contribution >= 4 is 21.6 Å². The Morgan fingerprint density at radius 2 is 1.65 bits per heavy atom. The normalized spacial score (nSPS) is 12.6. The molecule has 0 radical (unpaired) electrons. The van der Waals surface area contributed by atoms with Crippen LogP contribution >= 0.6 is 0 Å². The first-order valence-corrected chi connectivity index (χ1v) is 11.6. The molecule has 0 aromatic heterocycles. The first-order chi connectivity index (χ1) is 16.0. The third kappa shape index (κ3) is 5.88. The molecule has 6 nitrogen and oxygen atoms in total. The van der Waals surface area contributed by atoms with E-state index in [-0.39, 0.29) is 10.6 Å². The molecule has 1 amide bonds. The van der Waals surface area contributed by atoms with E-state index in [1.807, 2.05) is 0 Å². The number of benzene rings is 3. The minimum atomic E-state index is -4.68. The summed E-state index contributed by atoms with van der Waals surface area (Å²) in [6.07, 6.45) is -4.68. The van der Waals surface area contributed by atoms with Crippen molar-refractivity contribution in [1.82, 2.24) is 5.32 Å². The number of anilines is 1. The van der Waals surface area contributed by atoms with Gasteiger partial charge in [-0.15, -0.1) is 0 Å². The number of carbonyl (C=O) groups excluding carboxylic acids is 1. The van der Waals surface area contributed by atoms with Crippen LogP contribution < -0.4 is 14.4 Å². The van der Waals surface area contributed by atoms with Crippen molar-refractivity contribution in [2.24, 2.45) is 0 Å². The maximum absolute atomic E-state index is 13.3. The molecule has 0 heterocycles. The van der Waals surface area contributed by atoms with E-state index >= 15 is 0 Å². The smallest absolute Gasteiger partial charge is 0.416 e. The molecule has 180 valence electrons. The van der Waals surface area contributed by atoms with Gasteiger partial charge in [-0.2, -0.15) is 13.2 Å². The molecule has 34 heavy (non-hydrogen) atoms. The Kier molecular flexibility index (Phi) is 7.51. The molecular weight excluding hydrogens is 469 g/mol. The van der Waals surface area contributed by atoms with Crippen molar-refractivity contribution in [2.75, 3.05) is 18.0 Å². The molecule has 0 saturated carbocycles. The predicted octanol–water partition coefficient (Wildman–Crippen LogP) is 4.79. The van der Waals surface area contributed by atoms with Crippen LogP contribution in [0.2, 0.25) is 0 Å². The van der Waals surface area contributed by atoms with Crippen molar-refractivity contribution in [2.45, 2.75) is 24.0 Å². The quantitative estimate of drug-likeness (QED) is 0.491. The lowest BCUT2D eigenvalue weighted by Gasteiger charge is -2.26. The number of carbonyl (C=O) groups is 1. The Morgan fingerprint density at radius 1 is 1.00 bits per heavy atom. The second kappa shape index (κ2) is 10.2. The van der Waals surface area contributed by atoms with E-state index in [1.54, 1.807) is 37.3 Å². The average molecular weight is 493 g/mol. The van der Waals surface area contributed by atoms with Crippen molar-refractivity contribution < 1.29 is 31.1 Å².